The lowest BCUT2D eigenvalue weighted by atomic mass is 10.0. The highest BCUT2D eigenvalue weighted by Crippen LogP contribution is 2.28. The minimum Gasteiger partial charge on any atom is -0.300 e. The molecule has 0 radical (unpaired) electrons. The van der Waals surface area contributed by atoms with Gasteiger partial charge in [0.05, 0.1) is 5.25 Å². The topological polar surface area (TPSA) is 54.5 Å². The normalized spacial score (nSPS) is 34.5. The fourth-order valence-corrected chi connectivity index (χ4v) is 3.40. The number of carbonyl (C=O) groups excluding carboxylic acids is 1. The third-order valence-electron chi connectivity index (χ3n) is 3.24. The molecule has 14 heavy (non-hydrogen) atoms. The predicted molar refractivity (Wildman–Crippen MR) is 52.9 cm³/mol. The van der Waals surface area contributed by atoms with E-state index in [1.165, 1.54) is 6.26 Å². The molecule has 5 heteroatoms. The van der Waals surface area contributed by atoms with Crippen LogP contribution in [0, 0.1) is 0 Å². The molecule has 2 heterocycles. The van der Waals surface area contributed by atoms with Gasteiger partial charge < -0.3 is 0 Å². The quantitative estimate of drug-likeness (QED) is 0.612. The summed E-state index contributed by atoms with van der Waals surface area (Å²) in [5.74, 6) is 0.278. The highest BCUT2D eigenvalue weighted by atomic mass is 32.2. The van der Waals surface area contributed by atoms with Crippen molar-refractivity contribution in [3.05, 3.63) is 0 Å². The summed E-state index contributed by atoms with van der Waals surface area (Å²) in [6, 6.07) is 0.191. The zero-order chi connectivity index (χ0) is 10.3. The molecule has 2 aliphatic rings. The Bertz CT molecular complexity index is 349. The monoisotopic (exact) mass is 217 g/mol. The van der Waals surface area contributed by atoms with Crippen LogP contribution in [0.1, 0.15) is 19.3 Å². The number of rotatable bonds is 1. The molecule has 2 saturated heterocycles. The molecule has 0 saturated carbocycles. The lowest BCUT2D eigenvalue weighted by molar-refractivity contribution is -0.122. The Hall–Kier alpha value is -0.420. The van der Waals surface area contributed by atoms with Crippen LogP contribution in [0.25, 0.3) is 0 Å². The highest BCUT2D eigenvalue weighted by molar-refractivity contribution is 7.91. The van der Waals surface area contributed by atoms with Gasteiger partial charge in [0.2, 0.25) is 0 Å². The van der Waals surface area contributed by atoms with Crippen molar-refractivity contribution in [2.24, 2.45) is 0 Å². The fourth-order valence-electron chi connectivity index (χ4n) is 2.37. The molecule has 0 N–H and O–H groups in total. The van der Waals surface area contributed by atoms with E-state index in [0.29, 0.717) is 25.8 Å². The lowest BCUT2D eigenvalue weighted by Gasteiger charge is -2.27. The molecular weight excluding hydrogens is 202 g/mol. The molecule has 0 aliphatic carbocycles. The SMILES string of the molecule is CS(=O)(=O)[C@H]1C[C@@H]2CC(=O)CCN2C1. The van der Waals surface area contributed by atoms with Crippen LogP contribution >= 0.6 is 0 Å². The summed E-state index contributed by atoms with van der Waals surface area (Å²) in [6.07, 6.45) is 3.07. The van der Waals surface area contributed by atoms with Gasteiger partial charge in [-0.3, -0.25) is 9.69 Å². The van der Waals surface area contributed by atoms with Crippen molar-refractivity contribution in [3.8, 4) is 0 Å². The van der Waals surface area contributed by atoms with Crippen LogP contribution in [0.2, 0.25) is 0 Å². The lowest BCUT2D eigenvalue weighted by Crippen LogP contribution is -2.38. The number of ketones is 1. The molecule has 2 fully saturated rings. The Morgan fingerprint density at radius 2 is 2.14 bits per heavy atom. The van der Waals surface area contributed by atoms with E-state index in [1.54, 1.807) is 0 Å². The van der Waals surface area contributed by atoms with Gasteiger partial charge in [-0.15, -0.1) is 0 Å². The largest absolute Gasteiger partial charge is 0.300 e. The summed E-state index contributed by atoms with van der Waals surface area (Å²) in [5, 5.41) is -0.251. The standard InChI is InChI=1S/C9H15NO3S/c1-14(12,13)9-5-7-4-8(11)2-3-10(7)6-9/h7,9H,2-6H2,1H3/t7-,9-/m0/s1. The van der Waals surface area contributed by atoms with Crippen molar-refractivity contribution < 1.29 is 13.2 Å². The van der Waals surface area contributed by atoms with Gasteiger partial charge in [-0.2, -0.15) is 0 Å². The van der Waals surface area contributed by atoms with Gasteiger partial charge in [-0.25, -0.2) is 8.42 Å². The number of hydrogen-bond donors (Lipinski definition) is 0. The van der Waals surface area contributed by atoms with E-state index in [9.17, 15) is 13.2 Å². The van der Waals surface area contributed by atoms with Crippen LogP contribution in [0.5, 0.6) is 0 Å². The average Bonchev–Trinajstić information content (AvgIpc) is 2.45. The zero-order valence-corrected chi connectivity index (χ0v) is 9.09. The Kier molecular flexibility index (Phi) is 2.39. The minimum atomic E-state index is -2.93. The number of nitrogens with zero attached hydrogens (tertiary/aromatic N) is 1. The van der Waals surface area contributed by atoms with Gasteiger partial charge >= 0.3 is 0 Å². The molecule has 4 nitrogen and oxygen atoms in total. The number of sulfone groups is 1. The summed E-state index contributed by atoms with van der Waals surface area (Å²) >= 11 is 0. The van der Waals surface area contributed by atoms with E-state index in [4.69, 9.17) is 0 Å². The Morgan fingerprint density at radius 3 is 2.79 bits per heavy atom. The van der Waals surface area contributed by atoms with Gasteiger partial charge in [0.1, 0.15) is 5.78 Å². The number of fused-ring (bicyclic) bond motifs is 1. The Labute approximate surface area is 84.2 Å². The third kappa shape index (κ3) is 1.83. The molecule has 0 bridgehead atoms. The molecule has 2 atom stereocenters. The van der Waals surface area contributed by atoms with Crippen LogP contribution in [-0.4, -0.2) is 49.7 Å². The van der Waals surface area contributed by atoms with Crippen LogP contribution in [0.15, 0.2) is 0 Å². The maximum absolute atomic E-state index is 11.3. The maximum atomic E-state index is 11.3. The van der Waals surface area contributed by atoms with Crippen molar-refractivity contribution in [2.45, 2.75) is 30.6 Å². The van der Waals surface area contributed by atoms with Crippen molar-refractivity contribution in [3.63, 3.8) is 0 Å². The first kappa shape index (κ1) is 10.1. The molecular formula is C9H15NO3S. The van der Waals surface area contributed by atoms with E-state index in [1.807, 2.05) is 0 Å². The second-order valence-corrected chi connectivity index (χ2v) is 6.65. The summed E-state index contributed by atoms with van der Waals surface area (Å²) in [7, 11) is -2.93. The van der Waals surface area contributed by atoms with Crippen molar-refractivity contribution in [1.82, 2.24) is 4.90 Å². The first-order valence-electron chi connectivity index (χ1n) is 4.91. The molecule has 0 unspecified atom stereocenters. The number of Topliss-reactive ketones (excluding diaryl/α,β-unsaturated/α-hetero) is 1. The fraction of sp³-hybridized carbons (Fsp3) is 0.889. The van der Waals surface area contributed by atoms with Crippen LogP contribution < -0.4 is 0 Å². The van der Waals surface area contributed by atoms with Crippen molar-refractivity contribution in [1.29, 1.82) is 0 Å². The molecule has 2 rings (SSSR count). The van der Waals surface area contributed by atoms with E-state index in [-0.39, 0.29) is 17.1 Å². The molecule has 80 valence electrons. The second-order valence-electron chi connectivity index (χ2n) is 4.33. The van der Waals surface area contributed by atoms with Crippen LogP contribution in [0.3, 0.4) is 0 Å². The van der Waals surface area contributed by atoms with Crippen molar-refractivity contribution in [2.75, 3.05) is 19.3 Å². The molecule has 0 amide bonds. The zero-order valence-electron chi connectivity index (χ0n) is 8.27. The van der Waals surface area contributed by atoms with Crippen LogP contribution in [-0.2, 0) is 14.6 Å². The molecule has 0 aromatic carbocycles. The Balaban J connectivity index is 2.09. The number of hydrogen-bond acceptors (Lipinski definition) is 4. The van der Waals surface area contributed by atoms with E-state index in [2.05, 4.69) is 4.90 Å². The minimum absolute atomic E-state index is 0.191. The number of carbonyl (C=O) groups is 1. The van der Waals surface area contributed by atoms with E-state index >= 15 is 0 Å². The first-order chi connectivity index (χ1) is 6.47. The summed E-state index contributed by atoms with van der Waals surface area (Å²) < 4.78 is 22.7. The second kappa shape index (κ2) is 3.31. The maximum Gasteiger partial charge on any atom is 0.151 e. The highest BCUT2D eigenvalue weighted by Gasteiger charge is 2.40. The van der Waals surface area contributed by atoms with Gasteiger partial charge in [0, 0.05) is 38.2 Å². The van der Waals surface area contributed by atoms with Gasteiger partial charge in [0.15, 0.2) is 9.84 Å². The van der Waals surface area contributed by atoms with E-state index < -0.39 is 9.84 Å². The summed E-state index contributed by atoms with van der Waals surface area (Å²) in [4.78, 5) is 13.3. The average molecular weight is 217 g/mol. The smallest absolute Gasteiger partial charge is 0.151 e. The predicted octanol–water partition coefficient (Wildman–Crippen LogP) is -0.163. The van der Waals surface area contributed by atoms with Crippen molar-refractivity contribution >= 4 is 15.6 Å². The van der Waals surface area contributed by atoms with Gasteiger partial charge in [-0.1, -0.05) is 0 Å². The Morgan fingerprint density at radius 1 is 1.43 bits per heavy atom. The molecule has 2 aliphatic heterocycles. The third-order valence-corrected chi connectivity index (χ3v) is 4.79. The molecule has 0 aromatic heterocycles. The first-order valence-corrected chi connectivity index (χ1v) is 6.87. The van der Waals surface area contributed by atoms with E-state index in [0.717, 1.165) is 6.54 Å². The van der Waals surface area contributed by atoms with Gasteiger partial charge in [-0.05, 0) is 6.42 Å². The molecule has 0 spiro atoms. The van der Waals surface area contributed by atoms with Gasteiger partial charge in [0.25, 0.3) is 0 Å². The number of piperidine rings is 1. The molecule has 0 aromatic rings. The summed E-state index contributed by atoms with van der Waals surface area (Å²) in [6.45, 7) is 1.37. The summed E-state index contributed by atoms with van der Waals surface area (Å²) in [5.41, 5.74) is 0. The van der Waals surface area contributed by atoms with Crippen LogP contribution in [0.4, 0.5) is 0 Å².